The molecule has 0 saturated carbocycles. The first-order valence-electron chi connectivity index (χ1n) is 11.9. The standard InChI is InChI=1S/C27H29N3O5/c1-35-26(33)21-11-12-22-23(18-21)28-27(34)30(25(22)32)15-7-3-6-10-24(31)29-16-13-20(14-17-29)19-8-4-2-5-9-19/h2,4-5,8-9,11-13,18H,3,6-7,10,14-17H2,1H3,(H,28,34). The van der Waals surface area contributed by atoms with Crippen LogP contribution in [0, 0.1) is 0 Å². The van der Waals surface area contributed by atoms with Crippen LogP contribution in [0.25, 0.3) is 16.5 Å². The van der Waals surface area contributed by atoms with E-state index in [0.29, 0.717) is 36.7 Å². The maximum Gasteiger partial charge on any atom is 0.337 e. The average molecular weight is 476 g/mol. The summed E-state index contributed by atoms with van der Waals surface area (Å²) in [5.74, 6) is -0.404. The van der Waals surface area contributed by atoms with Crippen molar-refractivity contribution >= 4 is 28.4 Å². The van der Waals surface area contributed by atoms with E-state index >= 15 is 0 Å². The summed E-state index contributed by atoms with van der Waals surface area (Å²) >= 11 is 0. The van der Waals surface area contributed by atoms with Crippen LogP contribution in [0.1, 0.15) is 48.0 Å². The van der Waals surface area contributed by atoms with E-state index in [-0.39, 0.29) is 18.0 Å². The molecule has 0 unspecified atom stereocenters. The highest BCUT2D eigenvalue weighted by molar-refractivity contribution is 5.93. The molecule has 0 atom stereocenters. The highest BCUT2D eigenvalue weighted by Gasteiger charge is 2.17. The third-order valence-corrected chi connectivity index (χ3v) is 6.38. The maximum absolute atomic E-state index is 12.8. The molecule has 182 valence electrons. The predicted molar refractivity (Wildman–Crippen MR) is 134 cm³/mol. The fourth-order valence-corrected chi connectivity index (χ4v) is 4.39. The molecule has 0 aliphatic carbocycles. The van der Waals surface area contributed by atoms with Gasteiger partial charge >= 0.3 is 11.7 Å². The SMILES string of the molecule is COC(=O)c1ccc2c(=O)n(CCCCCC(=O)N3CC=C(c4ccccc4)CC3)c(=O)[nH]c2c1. The van der Waals surface area contributed by atoms with Gasteiger partial charge in [-0.1, -0.05) is 42.8 Å². The minimum absolute atomic E-state index is 0.135. The largest absolute Gasteiger partial charge is 0.465 e. The number of unbranched alkanes of at least 4 members (excludes halogenated alkanes) is 2. The summed E-state index contributed by atoms with van der Waals surface area (Å²) in [4.78, 5) is 54.0. The Morgan fingerprint density at radius 1 is 1.03 bits per heavy atom. The number of nitrogens with one attached hydrogen (secondary N) is 1. The minimum atomic E-state index is -0.538. The van der Waals surface area contributed by atoms with E-state index in [4.69, 9.17) is 0 Å². The first-order chi connectivity index (χ1) is 17.0. The quantitative estimate of drug-likeness (QED) is 0.398. The summed E-state index contributed by atoms with van der Waals surface area (Å²) in [6.45, 7) is 1.62. The predicted octanol–water partition coefficient (Wildman–Crippen LogP) is 3.35. The zero-order valence-corrected chi connectivity index (χ0v) is 19.8. The summed E-state index contributed by atoms with van der Waals surface area (Å²) in [6, 6.07) is 14.7. The normalized spacial score (nSPS) is 13.5. The molecule has 0 saturated heterocycles. The number of benzene rings is 2. The van der Waals surface area contributed by atoms with Gasteiger partial charge in [0.15, 0.2) is 0 Å². The first-order valence-corrected chi connectivity index (χ1v) is 11.9. The molecule has 35 heavy (non-hydrogen) atoms. The van der Waals surface area contributed by atoms with Gasteiger partial charge in [-0.05, 0) is 48.6 Å². The third kappa shape index (κ3) is 5.59. The van der Waals surface area contributed by atoms with Crippen LogP contribution < -0.4 is 11.2 Å². The van der Waals surface area contributed by atoms with E-state index in [9.17, 15) is 19.2 Å². The lowest BCUT2D eigenvalue weighted by Gasteiger charge is -2.26. The number of H-pyrrole nitrogens is 1. The molecule has 1 aliphatic rings. The van der Waals surface area contributed by atoms with E-state index < -0.39 is 17.2 Å². The molecule has 4 rings (SSSR count). The number of aromatic nitrogens is 2. The van der Waals surface area contributed by atoms with Crippen molar-refractivity contribution in [2.75, 3.05) is 20.2 Å². The lowest BCUT2D eigenvalue weighted by molar-refractivity contribution is -0.130. The van der Waals surface area contributed by atoms with Gasteiger partial charge in [0.2, 0.25) is 5.91 Å². The monoisotopic (exact) mass is 475 g/mol. The Hall–Kier alpha value is -3.94. The molecule has 8 nitrogen and oxygen atoms in total. The van der Waals surface area contributed by atoms with Gasteiger partial charge in [-0.3, -0.25) is 14.2 Å². The number of fused-ring (bicyclic) bond motifs is 1. The molecular weight excluding hydrogens is 446 g/mol. The molecule has 0 bridgehead atoms. The number of esters is 1. The van der Waals surface area contributed by atoms with E-state index in [1.165, 1.54) is 41.0 Å². The molecule has 3 aromatic rings. The van der Waals surface area contributed by atoms with Crippen LogP contribution in [0.15, 0.2) is 64.2 Å². The smallest absolute Gasteiger partial charge is 0.337 e. The lowest BCUT2D eigenvalue weighted by atomic mass is 9.99. The Balaban J connectivity index is 1.27. The van der Waals surface area contributed by atoms with Crippen LogP contribution >= 0.6 is 0 Å². The molecule has 1 aromatic heterocycles. The summed E-state index contributed by atoms with van der Waals surface area (Å²) in [5.41, 5.74) is 2.14. The van der Waals surface area contributed by atoms with Crippen LogP contribution in [-0.4, -0.2) is 46.5 Å². The first kappa shape index (κ1) is 24.2. The lowest BCUT2D eigenvalue weighted by Crippen LogP contribution is -2.35. The van der Waals surface area contributed by atoms with Gasteiger partial charge in [0.25, 0.3) is 5.56 Å². The molecular formula is C27H29N3O5. The molecule has 0 spiro atoms. The van der Waals surface area contributed by atoms with Gasteiger partial charge in [-0.15, -0.1) is 0 Å². The number of ether oxygens (including phenoxy) is 1. The van der Waals surface area contributed by atoms with Gasteiger partial charge in [0, 0.05) is 26.1 Å². The van der Waals surface area contributed by atoms with E-state index in [2.05, 4.69) is 27.9 Å². The van der Waals surface area contributed by atoms with E-state index in [0.717, 1.165) is 19.4 Å². The Bertz CT molecular complexity index is 1370. The van der Waals surface area contributed by atoms with Crippen molar-refractivity contribution in [2.45, 2.75) is 38.6 Å². The summed E-state index contributed by atoms with van der Waals surface area (Å²) in [6.07, 6.45) is 5.48. The van der Waals surface area contributed by atoms with Crippen LogP contribution in [0.5, 0.6) is 0 Å². The number of aromatic amines is 1. The van der Waals surface area contributed by atoms with Gasteiger partial charge < -0.3 is 14.6 Å². The number of amides is 1. The number of hydrogen-bond acceptors (Lipinski definition) is 5. The van der Waals surface area contributed by atoms with Gasteiger partial charge in [0.1, 0.15) is 0 Å². The molecule has 2 aromatic carbocycles. The number of nitrogens with zero attached hydrogens (tertiary/aromatic N) is 2. The maximum atomic E-state index is 12.8. The van der Waals surface area contributed by atoms with Crippen LogP contribution in [-0.2, 0) is 16.1 Å². The van der Waals surface area contributed by atoms with Crippen LogP contribution in [0.3, 0.4) is 0 Å². The van der Waals surface area contributed by atoms with Crippen LogP contribution in [0.4, 0.5) is 0 Å². The Morgan fingerprint density at radius 3 is 2.54 bits per heavy atom. The van der Waals surface area contributed by atoms with Crippen molar-refractivity contribution < 1.29 is 14.3 Å². The van der Waals surface area contributed by atoms with Gasteiger partial charge in [0.05, 0.1) is 23.6 Å². The molecule has 1 N–H and O–H groups in total. The van der Waals surface area contributed by atoms with Crippen molar-refractivity contribution in [1.82, 2.24) is 14.5 Å². The molecule has 1 aliphatic heterocycles. The third-order valence-electron chi connectivity index (χ3n) is 6.38. The van der Waals surface area contributed by atoms with Crippen molar-refractivity contribution in [1.29, 1.82) is 0 Å². The number of hydrogen-bond donors (Lipinski definition) is 1. The minimum Gasteiger partial charge on any atom is -0.465 e. The second-order valence-electron chi connectivity index (χ2n) is 8.63. The van der Waals surface area contributed by atoms with Crippen molar-refractivity contribution in [3.8, 4) is 0 Å². The fraction of sp³-hybridized carbons (Fsp3) is 0.333. The van der Waals surface area contributed by atoms with Crippen molar-refractivity contribution in [3.05, 3.63) is 86.6 Å². The fourth-order valence-electron chi connectivity index (χ4n) is 4.39. The molecule has 0 fully saturated rings. The molecule has 1 amide bonds. The zero-order chi connectivity index (χ0) is 24.8. The summed E-state index contributed by atoms with van der Waals surface area (Å²) in [7, 11) is 1.27. The second-order valence-corrected chi connectivity index (χ2v) is 8.63. The number of methoxy groups -OCH3 is 1. The number of carbonyl (C=O) groups excluding carboxylic acids is 2. The topological polar surface area (TPSA) is 101 Å². The van der Waals surface area contributed by atoms with Crippen molar-refractivity contribution in [2.24, 2.45) is 0 Å². The summed E-state index contributed by atoms with van der Waals surface area (Å²) in [5, 5.41) is 0.334. The Labute approximate surface area is 202 Å². The second kappa shape index (κ2) is 11.0. The van der Waals surface area contributed by atoms with E-state index in [1.807, 2.05) is 23.1 Å². The molecule has 8 heteroatoms. The zero-order valence-electron chi connectivity index (χ0n) is 19.8. The van der Waals surface area contributed by atoms with E-state index in [1.54, 1.807) is 0 Å². The molecule has 2 heterocycles. The van der Waals surface area contributed by atoms with Crippen molar-refractivity contribution in [3.63, 3.8) is 0 Å². The Kier molecular flexibility index (Phi) is 7.60. The van der Waals surface area contributed by atoms with Gasteiger partial charge in [-0.2, -0.15) is 0 Å². The highest BCUT2D eigenvalue weighted by Crippen LogP contribution is 2.22. The molecule has 0 radical (unpaired) electrons. The number of carbonyl (C=O) groups is 2. The Morgan fingerprint density at radius 2 is 1.83 bits per heavy atom. The highest BCUT2D eigenvalue weighted by atomic mass is 16.5. The van der Waals surface area contributed by atoms with Gasteiger partial charge in [-0.25, -0.2) is 9.59 Å². The van der Waals surface area contributed by atoms with Crippen LogP contribution in [0.2, 0.25) is 0 Å². The average Bonchev–Trinajstić information content (AvgIpc) is 2.89. The number of rotatable bonds is 8. The summed E-state index contributed by atoms with van der Waals surface area (Å²) < 4.78 is 5.85.